The third kappa shape index (κ3) is 3.82. The Morgan fingerprint density at radius 2 is 2.04 bits per heavy atom. The first-order valence-corrected chi connectivity index (χ1v) is 8.74. The van der Waals surface area contributed by atoms with Gasteiger partial charge in [0, 0.05) is 24.7 Å². The smallest absolute Gasteiger partial charge is 0.251 e. The van der Waals surface area contributed by atoms with Gasteiger partial charge in [0.2, 0.25) is 5.91 Å². The first-order valence-electron chi connectivity index (χ1n) is 8.74. The zero-order valence-electron chi connectivity index (χ0n) is 14.7. The van der Waals surface area contributed by atoms with E-state index in [0.29, 0.717) is 24.6 Å². The second-order valence-corrected chi connectivity index (χ2v) is 6.85. The number of rotatable bonds is 4. The highest BCUT2D eigenvalue weighted by Crippen LogP contribution is 2.21. The van der Waals surface area contributed by atoms with Crippen LogP contribution in [0.1, 0.15) is 37.0 Å². The number of hydrogen-bond acceptors (Lipinski definition) is 4. The van der Waals surface area contributed by atoms with Gasteiger partial charge in [0.05, 0.1) is 23.4 Å². The molecule has 0 bridgehead atoms. The maximum Gasteiger partial charge on any atom is 0.251 e. The van der Waals surface area contributed by atoms with Crippen molar-refractivity contribution >= 4 is 22.8 Å². The summed E-state index contributed by atoms with van der Waals surface area (Å²) in [6.45, 7) is 5.14. The van der Waals surface area contributed by atoms with Crippen LogP contribution in [0.5, 0.6) is 0 Å². The summed E-state index contributed by atoms with van der Waals surface area (Å²) in [6.07, 6.45) is 3.37. The SMILES string of the molecule is CC(N)C(=O)N1CCC(C(C)NC(=O)c2ccc3nc[nH]c3c2)CC1. The summed E-state index contributed by atoms with van der Waals surface area (Å²) in [7, 11) is 0. The second-order valence-electron chi connectivity index (χ2n) is 6.85. The first-order chi connectivity index (χ1) is 12.0. The minimum atomic E-state index is -0.453. The van der Waals surface area contributed by atoms with Crippen molar-refractivity contribution in [3.05, 3.63) is 30.1 Å². The summed E-state index contributed by atoms with van der Waals surface area (Å²) < 4.78 is 0. The van der Waals surface area contributed by atoms with Crippen molar-refractivity contribution in [1.82, 2.24) is 20.2 Å². The molecule has 0 aliphatic carbocycles. The maximum atomic E-state index is 12.5. The minimum Gasteiger partial charge on any atom is -0.349 e. The van der Waals surface area contributed by atoms with Crippen LogP contribution in [0, 0.1) is 5.92 Å². The lowest BCUT2D eigenvalue weighted by Crippen LogP contribution is -2.49. The number of likely N-dealkylation sites (tertiary alicyclic amines) is 1. The molecule has 2 aromatic rings. The summed E-state index contributed by atoms with van der Waals surface area (Å²) in [5, 5.41) is 3.09. The Hall–Kier alpha value is -2.41. The number of H-pyrrole nitrogens is 1. The van der Waals surface area contributed by atoms with Gasteiger partial charge in [0.1, 0.15) is 0 Å². The number of carbonyl (C=O) groups is 2. The van der Waals surface area contributed by atoms with Crippen LogP contribution in [0.4, 0.5) is 0 Å². The zero-order chi connectivity index (χ0) is 18.0. The molecule has 25 heavy (non-hydrogen) atoms. The molecule has 7 nitrogen and oxygen atoms in total. The van der Waals surface area contributed by atoms with Crippen LogP contribution < -0.4 is 11.1 Å². The molecule has 1 aromatic heterocycles. The van der Waals surface area contributed by atoms with Crippen molar-refractivity contribution in [2.75, 3.05) is 13.1 Å². The third-order valence-corrected chi connectivity index (χ3v) is 4.99. The number of nitrogens with two attached hydrogens (primary N) is 1. The molecule has 0 radical (unpaired) electrons. The number of nitrogens with one attached hydrogen (secondary N) is 2. The summed E-state index contributed by atoms with van der Waals surface area (Å²) in [4.78, 5) is 33.4. The van der Waals surface area contributed by atoms with Crippen LogP contribution in [0.15, 0.2) is 24.5 Å². The molecule has 1 aliphatic heterocycles. The Morgan fingerprint density at radius 1 is 1.32 bits per heavy atom. The van der Waals surface area contributed by atoms with E-state index in [4.69, 9.17) is 5.73 Å². The molecule has 1 aliphatic rings. The Kier molecular flexibility index (Phi) is 5.03. The van der Waals surface area contributed by atoms with Gasteiger partial charge in [-0.1, -0.05) is 0 Å². The largest absolute Gasteiger partial charge is 0.349 e. The van der Waals surface area contributed by atoms with E-state index in [2.05, 4.69) is 15.3 Å². The van der Waals surface area contributed by atoms with E-state index >= 15 is 0 Å². The number of piperidine rings is 1. The number of amides is 2. The van der Waals surface area contributed by atoms with Crippen molar-refractivity contribution in [2.45, 2.75) is 38.8 Å². The molecule has 4 N–H and O–H groups in total. The van der Waals surface area contributed by atoms with Crippen LogP contribution in [0.25, 0.3) is 11.0 Å². The van der Waals surface area contributed by atoms with Crippen molar-refractivity contribution < 1.29 is 9.59 Å². The van der Waals surface area contributed by atoms with E-state index in [-0.39, 0.29) is 17.9 Å². The lowest BCUT2D eigenvalue weighted by atomic mass is 9.90. The van der Waals surface area contributed by atoms with Gasteiger partial charge >= 0.3 is 0 Å². The summed E-state index contributed by atoms with van der Waals surface area (Å²) in [5.41, 5.74) is 7.98. The fourth-order valence-electron chi connectivity index (χ4n) is 3.39. The summed E-state index contributed by atoms with van der Waals surface area (Å²) in [6, 6.07) is 5.04. The van der Waals surface area contributed by atoms with Crippen LogP contribution >= 0.6 is 0 Å². The van der Waals surface area contributed by atoms with Crippen molar-refractivity contribution in [1.29, 1.82) is 0 Å². The molecule has 0 saturated carbocycles. The van der Waals surface area contributed by atoms with Gasteiger partial charge in [-0.2, -0.15) is 0 Å². The fraction of sp³-hybridized carbons (Fsp3) is 0.500. The predicted octanol–water partition coefficient (Wildman–Crippen LogP) is 1.27. The number of carbonyl (C=O) groups excluding carboxylic acids is 2. The molecule has 134 valence electrons. The number of fused-ring (bicyclic) bond motifs is 1. The number of hydrogen-bond donors (Lipinski definition) is 3. The molecule has 2 heterocycles. The fourth-order valence-corrected chi connectivity index (χ4v) is 3.39. The molecule has 3 rings (SSSR count). The lowest BCUT2D eigenvalue weighted by Gasteiger charge is -2.35. The van der Waals surface area contributed by atoms with Gasteiger partial charge in [0.25, 0.3) is 5.91 Å². The normalized spacial score (nSPS) is 18.1. The number of benzene rings is 1. The van der Waals surface area contributed by atoms with E-state index in [0.717, 1.165) is 23.9 Å². The standard InChI is InChI=1S/C18H25N5O2/c1-11(19)18(25)23-7-5-13(6-8-23)12(2)22-17(24)14-3-4-15-16(9-14)21-10-20-15/h3-4,9-13H,5-8,19H2,1-2H3,(H,20,21)(H,22,24). The topological polar surface area (TPSA) is 104 Å². The Balaban J connectivity index is 1.56. The van der Waals surface area contributed by atoms with Gasteiger partial charge in [-0.3, -0.25) is 9.59 Å². The Labute approximate surface area is 147 Å². The molecular formula is C18H25N5O2. The van der Waals surface area contributed by atoms with E-state index in [1.165, 1.54) is 0 Å². The molecule has 2 atom stereocenters. The minimum absolute atomic E-state index is 0.00278. The molecule has 2 amide bonds. The molecule has 2 unspecified atom stereocenters. The summed E-state index contributed by atoms with van der Waals surface area (Å²) >= 11 is 0. The molecular weight excluding hydrogens is 318 g/mol. The highest BCUT2D eigenvalue weighted by atomic mass is 16.2. The van der Waals surface area contributed by atoms with E-state index in [9.17, 15) is 9.59 Å². The van der Waals surface area contributed by atoms with Crippen molar-refractivity contribution in [3.63, 3.8) is 0 Å². The molecule has 7 heteroatoms. The highest BCUT2D eigenvalue weighted by Gasteiger charge is 2.28. The lowest BCUT2D eigenvalue weighted by molar-refractivity contribution is -0.133. The van der Waals surface area contributed by atoms with Crippen molar-refractivity contribution in [2.24, 2.45) is 11.7 Å². The zero-order valence-corrected chi connectivity index (χ0v) is 14.7. The van der Waals surface area contributed by atoms with Gasteiger partial charge in [0.15, 0.2) is 0 Å². The number of nitrogens with zero attached hydrogens (tertiary/aromatic N) is 2. The molecule has 1 aromatic carbocycles. The summed E-state index contributed by atoms with van der Waals surface area (Å²) in [5.74, 6) is 0.276. The highest BCUT2D eigenvalue weighted by molar-refractivity contribution is 5.97. The average molecular weight is 343 g/mol. The number of imidazole rings is 1. The Morgan fingerprint density at radius 3 is 2.72 bits per heavy atom. The van der Waals surface area contributed by atoms with E-state index < -0.39 is 6.04 Å². The van der Waals surface area contributed by atoms with E-state index in [1.807, 2.05) is 24.0 Å². The van der Waals surface area contributed by atoms with Crippen LogP contribution in [-0.2, 0) is 4.79 Å². The second kappa shape index (κ2) is 7.23. The quantitative estimate of drug-likeness (QED) is 0.777. The van der Waals surface area contributed by atoms with Gasteiger partial charge in [-0.05, 0) is 50.8 Å². The van der Waals surface area contributed by atoms with Crippen LogP contribution in [-0.4, -0.2) is 51.9 Å². The van der Waals surface area contributed by atoms with Gasteiger partial charge in [-0.25, -0.2) is 4.98 Å². The number of aromatic amines is 1. The first kappa shape index (κ1) is 17.4. The molecule has 1 fully saturated rings. The maximum absolute atomic E-state index is 12.5. The Bertz CT molecular complexity index is 762. The monoisotopic (exact) mass is 343 g/mol. The molecule has 0 spiro atoms. The van der Waals surface area contributed by atoms with E-state index in [1.54, 1.807) is 19.3 Å². The predicted molar refractivity (Wildman–Crippen MR) is 96.0 cm³/mol. The van der Waals surface area contributed by atoms with Crippen LogP contribution in [0.2, 0.25) is 0 Å². The molecule has 1 saturated heterocycles. The van der Waals surface area contributed by atoms with Gasteiger partial charge in [-0.15, -0.1) is 0 Å². The van der Waals surface area contributed by atoms with Crippen molar-refractivity contribution in [3.8, 4) is 0 Å². The third-order valence-electron chi connectivity index (χ3n) is 4.99. The average Bonchev–Trinajstić information content (AvgIpc) is 3.08. The van der Waals surface area contributed by atoms with Crippen LogP contribution in [0.3, 0.4) is 0 Å². The van der Waals surface area contributed by atoms with Gasteiger partial charge < -0.3 is 20.9 Å². The number of aromatic nitrogens is 2.